The number of benzene rings is 1. The van der Waals surface area contributed by atoms with Crippen LogP contribution in [0.4, 0.5) is 4.39 Å². The first-order valence-corrected chi connectivity index (χ1v) is 8.78. The van der Waals surface area contributed by atoms with Crippen molar-refractivity contribution in [2.75, 3.05) is 13.1 Å². The normalized spacial score (nSPS) is 17.3. The van der Waals surface area contributed by atoms with Crippen LogP contribution in [0.15, 0.2) is 24.3 Å². The molecule has 1 atom stereocenters. The number of aromatic nitrogens is 2. The predicted octanol–water partition coefficient (Wildman–Crippen LogP) is 1.90. The number of nitrogens with one attached hydrogen (secondary N) is 1. The first-order valence-electron chi connectivity index (χ1n) is 8.78. The molecule has 2 heterocycles. The maximum Gasteiger partial charge on any atom is 0.247 e. The van der Waals surface area contributed by atoms with Crippen LogP contribution in [-0.2, 0) is 22.6 Å². The molecule has 2 amide bonds. The zero-order valence-electron chi connectivity index (χ0n) is 15.3. The third-order valence-corrected chi connectivity index (χ3v) is 4.89. The quantitative estimate of drug-likeness (QED) is 0.908. The van der Waals surface area contributed by atoms with E-state index in [1.54, 1.807) is 18.2 Å². The molecule has 1 fully saturated rings. The van der Waals surface area contributed by atoms with E-state index >= 15 is 0 Å². The Morgan fingerprint density at radius 3 is 2.73 bits per heavy atom. The number of piperazine rings is 1. The average Bonchev–Trinajstić information content (AvgIpc) is 2.89. The lowest BCUT2D eigenvalue weighted by atomic mass is 10.00. The number of rotatable bonds is 4. The maximum atomic E-state index is 14.3. The van der Waals surface area contributed by atoms with Gasteiger partial charge < -0.3 is 10.2 Å². The van der Waals surface area contributed by atoms with Gasteiger partial charge in [0, 0.05) is 36.5 Å². The zero-order valence-corrected chi connectivity index (χ0v) is 15.3. The second kappa shape index (κ2) is 7.27. The van der Waals surface area contributed by atoms with Gasteiger partial charge in [-0.25, -0.2) is 4.39 Å². The Labute approximate surface area is 152 Å². The second-order valence-corrected chi connectivity index (χ2v) is 6.44. The summed E-state index contributed by atoms with van der Waals surface area (Å²) in [6.45, 7) is 7.24. The van der Waals surface area contributed by atoms with Gasteiger partial charge in [0.2, 0.25) is 11.8 Å². The number of nitrogens with zero attached hydrogens (tertiary/aromatic N) is 3. The summed E-state index contributed by atoms with van der Waals surface area (Å²) in [5, 5.41) is 7.17. The standard InChI is InChI=1S/C19H23FN4O2/c1-4-24-13(3)15(12(2)22-24)11-17(25)23-10-9-21-19(26)18(23)14-7-5-6-8-16(14)20/h5-8,18H,4,9-11H2,1-3H3,(H,21,26). The highest BCUT2D eigenvalue weighted by molar-refractivity contribution is 5.90. The first-order chi connectivity index (χ1) is 12.4. The maximum absolute atomic E-state index is 14.3. The Bertz CT molecular complexity index is 846. The van der Waals surface area contributed by atoms with Crippen LogP contribution >= 0.6 is 0 Å². The van der Waals surface area contributed by atoms with Crippen molar-refractivity contribution >= 4 is 11.8 Å². The minimum atomic E-state index is -0.945. The van der Waals surface area contributed by atoms with E-state index in [2.05, 4.69) is 10.4 Å². The van der Waals surface area contributed by atoms with Crippen LogP contribution in [0.25, 0.3) is 0 Å². The third-order valence-electron chi connectivity index (χ3n) is 4.89. The van der Waals surface area contributed by atoms with Gasteiger partial charge in [-0.05, 0) is 26.8 Å². The molecule has 0 saturated carbocycles. The van der Waals surface area contributed by atoms with Crippen LogP contribution in [0.2, 0.25) is 0 Å². The Balaban J connectivity index is 1.91. The van der Waals surface area contributed by atoms with Crippen molar-refractivity contribution in [1.29, 1.82) is 0 Å². The van der Waals surface area contributed by atoms with Crippen LogP contribution in [-0.4, -0.2) is 39.6 Å². The van der Waals surface area contributed by atoms with E-state index in [1.807, 2.05) is 25.5 Å². The van der Waals surface area contributed by atoms with Crippen LogP contribution < -0.4 is 5.32 Å². The van der Waals surface area contributed by atoms with Crippen LogP contribution in [0.1, 0.15) is 35.5 Å². The minimum absolute atomic E-state index is 0.149. The number of amides is 2. The van der Waals surface area contributed by atoms with Gasteiger partial charge in [-0.2, -0.15) is 5.10 Å². The van der Waals surface area contributed by atoms with Gasteiger partial charge in [0.15, 0.2) is 0 Å². The second-order valence-electron chi connectivity index (χ2n) is 6.44. The van der Waals surface area contributed by atoms with Crippen molar-refractivity contribution in [3.63, 3.8) is 0 Å². The number of hydrogen-bond donors (Lipinski definition) is 1. The molecule has 7 heteroatoms. The molecule has 1 aromatic heterocycles. The lowest BCUT2D eigenvalue weighted by Crippen LogP contribution is -2.52. The van der Waals surface area contributed by atoms with Gasteiger partial charge in [-0.3, -0.25) is 14.3 Å². The highest BCUT2D eigenvalue weighted by Gasteiger charge is 2.36. The molecular weight excluding hydrogens is 335 g/mol. The third kappa shape index (κ3) is 3.21. The first kappa shape index (κ1) is 18.1. The fourth-order valence-corrected chi connectivity index (χ4v) is 3.49. The van der Waals surface area contributed by atoms with Gasteiger partial charge in [-0.15, -0.1) is 0 Å². The molecule has 1 aliphatic rings. The molecule has 0 radical (unpaired) electrons. The summed E-state index contributed by atoms with van der Waals surface area (Å²) < 4.78 is 16.1. The van der Waals surface area contributed by atoms with Crippen molar-refractivity contribution in [3.05, 3.63) is 52.6 Å². The summed E-state index contributed by atoms with van der Waals surface area (Å²) in [5.74, 6) is -1.04. The monoisotopic (exact) mass is 358 g/mol. The molecular formula is C19H23FN4O2. The topological polar surface area (TPSA) is 67.2 Å². The number of halogens is 1. The minimum Gasteiger partial charge on any atom is -0.352 e. The molecule has 26 heavy (non-hydrogen) atoms. The van der Waals surface area contributed by atoms with Gasteiger partial charge in [0.25, 0.3) is 0 Å². The molecule has 0 bridgehead atoms. The van der Waals surface area contributed by atoms with Gasteiger partial charge in [0.05, 0.1) is 12.1 Å². The molecule has 2 aromatic rings. The molecule has 138 valence electrons. The summed E-state index contributed by atoms with van der Waals surface area (Å²) in [7, 11) is 0. The molecule has 1 aliphatic heterocycles. The van der Waals surface area contributed by atoms with Crippen LogP contribution in [0.3, 0.4) is 0 Å². The van der Waals surface area contributed by atoms with E-state index < -0.39 is 11.9 Å². The zero-order chi connectivity index (χ0) is 18.8. The summed E-state index contributed by atoms with van der Waals surface area (Å²) in [6.07, 6.45) is 0.149. The SMILES string of the molecule is CCn1nc(C)c(CC(=O)N2CCNC(=O)C2c2ccccc2F)c1C. The van der Waals surface area contributed by atoms with E-state index in [9.17, 15) is 14.0 Å². The number of carbonyl (C=O) groups is 2. The van der Waals surface area contributed by atoms with E-state index in [4.69, 9.17) is 0 Å². The van der Waals surface area contributed by atoms with Crippen molar-refractivity contribution in [1.82, 2.24) is 20.0 Å². The summed E-state index contributed by atoms with van der Waals surface area (Å²) in [4.78, 5) is 26.9. The Morgan fingerprint density at radius 1 is 1.35 bits per heavy atom. The molecule has 0 spiro atoms. The summed E-state index contributed by atoms with van der Waals surface area (Å²) in [6, 6.07) is 5.15. The predicted molar refractivity (Wildman–Crippen MR) is 94.9 cm³/mol. The number of aryl methyl sites for hydroxylation is 2. The molecule has 0 aliphatic carbocycles. The van der Waals surface area contributed by atoms with Gasteiger partial charge >= 0.3 is 0 Å². The highest BCUT2D eigenvalue weighted by Crippen LogP contribution is 2.27. The Morgan fingerprint density at radius 2 is 2.08 bits per heavy atom. The van der Waals surface area contributed by atoms with E-state index in [1.165, 1.54) is 11.0 Å². The van der Waals surface area contributed by atoms with E-state index in [0.717, 1.165) is 23.5 Å². The highest BCUT2D eigenvalue weighted by atomic mass is 19.1. The van der Waals surface area contributed by atoms with Crippen molar-refractivity contribution in [2.24, 2.45) is 0 Å². The smallest absolute Gasteiger partial charge is 0.247 e. The Hall–Kier alpha value is -2.70. The molecule has 1 unspecified atom stereocenters. The fourth-order valence-electron chi connectivity index (χ4n) is 3.49. The van der Waals surface area contributed by atoms with Crippen molar-refractivity contribution in [3.8, 4) is 0 Å². The number of hydrogen-bond acceptors (Lipinski definition) is 3. The van der Waals surface area contributed by atoms with Gasteiger partial charge in [0.1, 0.15) is 11.9 Å². The van der Waals surface area contributed by atoms with Crippen molar-refractivity contribution < 1.29 is 14.0 Å². The van der Waals surface area contributed by atoms with E-state index in [-0.39, 0.29) is 23.8 Å². The molecule has 1 N–H and O–H groups in total. The van der Waals surface area contributed by atoms with E-state index in [0.29, 0.717) is 13.1 Å². The van der Waals surface area contributed by atoms with Gasteiger partial charge in [-0.1, -0.05) is 18.2 Å². The number of carbonyl (C=O) groups excluding carboxylic acids is 2. The largest absolute Gasteiger partial charge is 0.352 e. The summed E-state index contributed by atoms with van der Waals surface area (Å²) in [5.41, 5.74) is 2.84. The Kier molecular flexibility index (Phi) is 5.06. The molecule has 1 saturated heterocycles. The summed E-state index contributed by atoms with van der Waals surface area (Å²) >= 11 is 0. The van der Waals surface area contributed by atoms with Crippen molar-refractivity contribution in [2.45, 2.75) is 39.8 Å². The molecule has 6 nitrogen and oxygen atoms in total. The lowest BCUT2D eigenvalue weighted by Gasteiger charge is -2.35. The van der Waals surface area contributed by atoms with Crippen LogP contribution in [0.5, 0.6) is 0 Å². The average molecular weight is 358 g/mol. The molecule has 3 rings (SSSR count). The molecule has 1 aromatic carbocycles. The fraction of sp³-hybridized carbons (Fsp3) is 0.421. The van der Waals surface area contributed by atoms with Crippen LogP contribution in [0, 0.1) is 19.7 Å². The lowest BCUT2D eigenvalue weighted by molar-refractivity contribution is -0.143.